The Hall–Kier alpha value is -2.76. The Bertz CT molecular complexity index is 1060. The lowest BCUT2D eigenvalue weighted by Crippen LogP contribution is -2.70. The molecule has 1 unspecified atom stereocenters. The largest absolute Gasteiger partial charge is 0.326 e. The van der Waals surface area contributed by atoms with Crippen LogP contribution in [0.5, 0.6) is 0 Å². The fourth-order valence-electron chi connectivity index (χ4n) is 5.31. The molecule has 0 saturated heterocycles. The first kappa shape index (κ1) is 23.4. The number of hydrogen-bond acceptors (Lipinski definition) is 3. The Labute approximate surface area is 199 Å². The highest BCUT2D eigenvalue weighted by atomic mass is 28.3. The molecule has 0 radical (unpaired) electrons. The first-order valence-electron chi connectivity index (χ1n) is 11.8. The lowest BCUT2D eigenvalue weighted by atomic mass is 10.0. The van der Waals surface area contributed by atoms with Crippen LogP contribution in [-0.4, -0.2) is 8.07 Å². The zero-order chi connectivity index (χ0) is 23.4. The molecule has 1 aliphatic carbocycles. The molecule has 3 aromatic carbocycles. The summed E-state index contributed by atoms with van der Waals surface area (Å²) in [5.74, 6) is 0.449. The normalized spacial score (nSPS) is 15.8. The lowest BCUT2D eigenvalue weighted by Gasteiger charge is -2.41. The van der Waals surface area contributed by atoms with Gasteiger partial charge in [-0.05, 0) is 38.2 Å². The number of rotatable bonds is 8. The second-order valence-corrected chi connectivity index (χ2v) is 13.2. The van der Waals surface area contributed by atoms with E-state index in [9.17, 15) is 0 Å². The molecule has 0 spiro atoms. The molecule has 33 heavy (non-hydrogen) atoms. The van der Waals surface area contributed by atoms with E-state index in [0.29, 0.717) is 31.1 Å². The molecule has 0 bridgehead atoms. The van der Waals surface area contributed by atoms with Gasteiger partial charge in [0, 0.05) is 25.2 Å². The zero-order valence-electron chi connectivity index (χ0n) is 19.7. The van der Waals surface area contributed by atoms with Gasteiger partial charge in [-0.3, -0.25) is 0 Å². The van der Waals surface area contributed by atoms with Crippen molar-refractivity contribution in [3.63, 3.8) is 0 Å². The SMILES string of the molecule is CC(C)C1=CC=CC1[Si](c1cccc(CN)c1)(c1cccc(CN)c1)c1cccc(CN)c1. The van der Waals surface area contributed by atoms with Crippen molar-refractivity contribution in [2.24, 2.45) is 23.1 Å². The van der Waals surface area contributed by atoms with Gasteiger partial charge >= 0.3 is 0 Å². The Balaban J connectivity index is 2.13. The van der Waals surface area contributed by atoms with Gasteiger partial charge in [0.15, 0.2) is 8.07 Å². The fourth-order valence-corrected chi connectivity index (χ4v) is 11.0. The van der Waals surface area contributed by atoms with Crippen LogP contribution in [0.4, 0.5) is 0 Å². The lowest BCUT2D eigenvalue weighted by molar-refractivity contribution is 0.748. The molecule has 0 aromatic heterocycles. The van der Waals surface area contributed by atoms with Crippen LogP contribution in [0, 0.1) is 5.92 Å². The average Bonchev–Trinajstić information content (AvgIpc) is 3.35. The van der Waals surface area contributed by atoms with Crippen LogP contribution in [0.15, 0.2) is 96.6 Å². The second kappa shape index (κ2) is 10.0. The first-order valence-corrected chi connectivity index (χ1v) is 13.9. The van der Waals surface area contributed by atoms with Crippen molar-refractivity contribution in [1.29, 1.82) is 0 Å². The van der Waals surface area contributed by atoms with E-state index < -0.39 is 8.07 Å². The van der Waals surface area contributed by atoms with Crippen LogP contribution in [0.2, 0.25) is 5.54 Å². The van der Waals surface area contributed by atoms with Gasteiger partial charge in [0.25, 0.3) is 0 Å². The Morgan fingerprint density at radius 1 is 0.697 bits per heavy atom. The predicted octanol–water partition coefficient (Wildman–Crippen LogP) is 3.06. The average molecular weight is 454 g/mol. The molecule has 0 fully saturated rings. The first-order chi connectivity index (χ1) is 16.0. The smallest absolute Gasteiger partial charge is 0.159 e. The summed E-state index contributed by atoms with van der Waals surface area (Å²) >= 11 is 0. The highest BCUT2D eigenvalue weighted by molar-refractivity contribution is 7.13. The molecule has 4 rings (SSSR count). The number of benzene rings is 3. The van der Waals surface area contributed by atoms with Gasteiger partial charge in [0.1, 0.15) is 0 Å². The van der Waals surface area contributed by atoms with Gasteiger partial charge in [-0.1, -0.05) is 110 Å². The van der Waals surface area contributed by atoms with E-state index in [1.165, 1.54) is 21.1 Å². The van der Waals surface area contributed by atoms with Crippen LogP contribution in [0.25, 0.3) is 0 Å². The summed E-state index contributed by atoms with van der Waals surface area (Å²) < 4.78 is 0. The van der Waals surface area contributed by atoms with E-state index in [1.54, 1.807) is 0 Å². The van der Waals surface area contributed by atoms with Gasteiger partial charge in [-0.25, -0.2) is 0 Å². The van der Waals surface area contributed by atoms with Gasteiger partial charge in [-0.15, -0.1) is 0 Å². The predicted molar refractivity (Wildman–Crippen MR) is 143 cm³/mol. The highest BCUT2D eigenvalue weighted by Gasteiger charge is 2.48. The monoisotopic (exact) mass is 453 g/mol. The molecule has 3 aromatic rings. The third-order valence-electron chi connectivity index (χ3n) is 6.94. The molecule has 170 valence electrons. The van der Waals surface area contributed by atoms with Crippen molar-refractivity contribution < 1.29 is 0 Å². The third-order valence-corrected chi connectivity index (χ3v) is 12.1. The van der Waals surface area contributed by atoms with E-state index in [0.717, 1.165) is 16.7 Å². The quantitative estimate of drug-likeness (QED) is 0.362. The second-order valence-electron chi connectivity index (χ2n) is 9.21. The molecular weight excluding hydrogens is 418 g/mol. The van der Waals surface area contributed by atoms with E-state index in [2.05, 4.69) is 105 Å². The maximum atomic E-state index is 6.12. The molecule has 3 nitrogen and oxygen atoms in total. The standard InChI is InChI=1S/C29H35N3Si/c1-21(2)28-13-6-14-29(28)33(25-10-3-7-22(15-25)18-30,26-11-4-8-23(16-26)19-31)27-12-5-9-24(17-27)20-32/h3-17,21,29H,18-20,30-32H2,1-2H3. The number of hydrogen-bond donors (Lipinski definition) is 3. The minimum absolute atomic E-state index is 0.298. The topological polar surface area (TPSA) is 78.1 Å². The molecule has 0 heterocycles. The van der Waals surface area contributed by atoms with Crippen LogP contribution in [0.3, 0.4) is 0 Å². The van der Waals surface area contributed by atoms with Crippen molar-refractivity contribution in [2.75, 3.05) is 0 Å². The van der Waals surface area contributed by atoms with E-state index >= 15 is 0 Å². The maximum absolute atomic E-state index is 6.12. The summed E-state index contributed by atoms with van der Waals surface area (Å²) in [6, 6.07) is 26.8. The summed E-state index contributed by atoms with van der Waals surface area (Å²) in [4.78, 5) is 0. The van der Waals surface area contributed by atoms with Crippen molar-refractivity contribution in [2.45, 2.75) is 39.0 Å². The number of allylic oxidation sites excluding steroid dienone is 4. The maximum Gasteiger partial charge on any atom is 0.159 e. The molecule has 0 saturated carbocycles. The molecule has 1 atom stereocenters. The molecule has 4 heteroatoms. The van der Waals surface area contributed by atoms with Gasteiger partial charge in [0.2, 0.25) is 0 Å². The summed E-state index contributed by atoms with van der Waals surface area (Å²) in [5, 5.41) is 4.12. The Kier molecular flexibility index (Phi) is 7.10. The molecular formula is C29H35N3Si. The van der Waals surface area contributed by atoms with Gasteiger partial charge in [-0.2, -0.15) is 0 Å². The van der Waals surface area contributed by atoms with Crippen molar-refractivity contribution >= 4 is 23.6 Å². The van der Waals surface area contributed by atoms with E-state index in [4.69, 9.17) is 17.2 Å². The van der Waals surface area contributed by atoms with Crippen molar-refractivity contribution in [3.05, 3.63) is 113 Å². The van der Waals surface area contributed by atoms with Gasteiger partial charge in [0.05, 0.1) is 0 Å². The van der Waals surface area contributed by atoms with Crippen LogP contribution in [-0.2, 0) is 19.6 Å². The molecule has 0 amide bonds. The van der Waals surface area contributed by atoms with Crippen molar-refractivity contribution in [1.82, 2.24) is 0 Å². The minimum atomic E-state index is -2.58. The van der Waals surface area contributed by atoms with E-state index in [-0.39, 0.29) is 0 Å². The highest BCUT2D eigenvalue weighted by Crippen LogP contribution is 2.39. The fraction of sp³-hybridized carbons (Fsp3) is 0.241. The molecule has 6 N–H and O–H groups in total. The zero-order valence-corrected chi connectivity index (χ0v) is 20.7. The summed E-state index contributed by atoms with van der Waals surface area (Å²) in [7, 11) is -2.58. The van der Waals surface area contributed by atoms with Crippen molar-refractivity contribution in [3.8, 4) is 0 Å². The summed E-state index contributed by atoms with van der Waals surface area (Å²) in [6.45, 7) is 6.17. The van der Waals surface area contributed by atoms with E-state index in [1.807, 2.05) is 0 Å². The third kappa shape index (κ3) is 4.27. The van der Waals surface area contributed by atoms with Crippen LogP contribution in [0.1, 0.15) is 30.5 Å². The molecule has 0 aliphatic heterocycles. The minimum Gasteiger partial charge on any atom is -0.326 e. The van der Waals surface area contributed by atoms with Crippen LogP contribution < -0.4 is 32.8 Å². The Morgan fingerprint density at radius 2 is 1.12 bits per heavy atom. The number of nitrogens with two attached hydrogens (primary N) is 3. The molecule has 1 aliphatic rings. The Morgan fingerprint density at radius 3 is 1.48 bits per heavy atom. The van der Waals surface area contributed by atoms with Crippen LogP contribution >= 0.6 is 0 Å². The van der Waals surface area contributed by atoms with Gasteiger partial charge < -0.3 is 17.2 Å². The summed E-state index contributed by atoms with van der Waals surface area (Å²) in [6.07, 6.45) is 6.98. The summed E-state index contributed by atoms with van der Waals surface area (Å²) in [5.41, 5.74) is 23.6.